The molecule has 6 heteroatoms. The lowest BCUT2D eigenvalue weighted by atomic mass is 9.85. The fourth-order valence-electron chi connectivity index (χ4n) is 4.67. The standard InChI is InChI=1S/C27H40O6/c1-20(2)33-27(31)13-9-4-3-8-12-24-23(25(30)18-26(24)32-19-28)17-16-22(29)15-14-21-10-6-5-7-11-21/h3,5-8,10-11,19-20,22-26,29-30H,4,9,12-18H2,1-2H3/b8-3-/t22-,23+,24+,25?,26-/m0/s1. The zero-order valence-electron chi connectivity index (χ0n) is 20.0. The Morgan fingerprint density at radius 3 is 2.61 bits per heavy atom. The number of aryl methyl sites for hydroxylation is 1. The molecule has 1 aliphatic carbocycles. The van der Waals surface area contributed by atoms with Gasteiger partial charge in [-0.2, -0.15) is 0 Å². The van der Waals surface area contributed by atoms with Crippen LogP contribution in [-0.2, 0) is 25.5 Å². The Balaban J connectivity index is 1.79. The molecule has 5 atom stereocenters. The molecule has 184 valence electrons. The average Bonchev–Trinajstić information content (AvgIpc) is 3.07. The zero-order chi connectivity index (χ0) is 24.1. The molecule has 1 unspecified atom stereocenters. The summed E-state index contributed by atoms with van der Waals surface area (Å²) in [6.07, 6.45) is 8.54. The molecule has 0 radical (unpaired) electrons. The molecule has 0 spiro atoms. The molecular formula is C27H40O6. The fourth-order valence-corrected chi connectivity index (χ4v) is 4.67. The number of esters is 1. The van der Waals surface area contributed by atoms with Crippen molar-refractivity contribution in [3.05, 3.63) is 48.0 Å². The predicted molar refractivity (Wildman–Crippen MR) is 127 cm³/mol. The third-order valence-corrected chi connectivity index (χ3v) is 6.36. The molecular weight excluding hydrogens is 420 g/mol. The first-order chi connectivity index (χ1) is 15.9. The van der Waals surface area contributed by atoms with E-state index in [1.807, 2.05) is 38.1 Å². The van der Waals surface area contributed by atoms with Gasteiger partial charge < -0.3 is 19.7 Å². The van der Waals surface area contributed by atoms with Gasteiger partial charge in [-0.15, -0.1) is 0 Å². The number of rotatable bonds is 15. The monoisotopic (exact) mass is 460 g/mol. The molecule has 1 saturated carbocycles. The Hall–Kier alpha value is -2.18. The summed E-state index contributed by atoms with van der Waals surface area (Å²) >= 11 is 0. The second-order valence-electron chi connectivity index (χ2n) is 9.29. The first-order valence-corrected chi connectivity index (χ1v) is 12.2. The molecule has 33 heavy (non-hydrogen) atoms. The summed E-state index contributed by atoms with van der Waals surface area (Å²) in [4.78, 5) is 22.6. The van der Waals surface area contributed by atoms with Crippen LogP contribution in [0.5, 0.6) is 0 Å². The van der Waals surface area contributed by atoms with Crippen LogP contribution in [0.3, 0.4) is 0 Å². The largest absolute Gasteiger partial charge is 0.464 e. The SMILES string of the molecule is CC(C)OC(=O)CCC/C=C\C[C@H]1[C@@H](OC=O)CC(O)[C@@H]1CC[C@@H](O)CCc1ccccc1. The summed E-state index contributed by atoms with van der Waals surface area (Å²) in [6.45, 7) is 4.14. The fraction of sp³-hybridized carbons (Fsp3) is 0.630. The van der Waals surface area contributed by atoms with Crippen LogP contribution in [0.25, 0.3) is 0 Å². The number of hydrogen-bond donors (Lipinski definition) is 2. The maximum absolute atomic E-state index is 11.6. The van der Waals surface area contributed by atoms with E-state index in [-0.39, 0.29) is 30.0 Å². The minimum Gasteiger partial charge on any atom is -0.464 e. The number of carbonyl (C=O) groups is 2. The molecule has 1 aromatic carbocycles. The van der Waals surface area contributed by atoms with E-state index in [1.54, 1.807) is 0 Å². The average molecular weight is 461 g/mol. The van der Waals surface area contributed by atoms with Crippen molar-refractivity contribution in [3.8, 4) is 0 Å². The number of unbranched alkanes of at least 4 members (excludes halogenated alkanes) is 1. The van der Waals surface area contributed by atoms with Crippen molar-refractivity contribution < 1.29 is 29.3 Å². The molecule has 0 saturated heterocycles. The van der Waals surface area contributed by atoms with Crippen molar-refractivity contribution in [1.29, 1.82) is 0 Å². The summed E-state index contributed by atoms with van der Waals surface area (Å²) in [7, 11) is 0. The van der Waals surface area contributed by atoms with Crippen LogP contribution in [0.2, 0.25) is 0 Å². The molecule has 0 amide bonds. The summed E-state index contributed by atoms with van der Waals surface area (Å²) in [5.41, 5.74) is 1.21. The lowest BCUT2D eigenvalue weighted by Crippen LogP contribution is -2.24. The molecule has 2 N–H and O–H groups in total. The van der Waals surface area contributed by atoms with Gasteiger partial charge in [0.1, 0.15) is 6.10 Å². The van der Waals surface area contributed by atoms with E-state index in [4.69, 9.17) is 9.47 Å². The maximum Gasteiger partial charge on any atom is 0.306 e. The van der Waals surface area contributed by atoms with Crippen LogP contribution in [0.4, 0.5) is 0 Å². The second kappa shape index (κ2) is 14.9. The molecule has 0 heterocycles. The van der Waals surface area contributed by atoms with Gasteiger partial charge in [-0.25, -0.2) is 0 Å². The normalized spacial score (nSPS) is 23.7. The lowest BCUT2D eigenvalue weighted by Gasteiger charge is -2.24. The van der Waals surface area contributed by atoms with Crippen LogP contribution < -0.4 is 0 Å². The highest BCUT2D eigenvalue weighted by Crippen LogP contribution is 2.40. The van der Waals surface area contributed by atoms with Gasteiger partial charge in [0.2, 0.25) is 0 Å². The van der Waals surface area contributed by atoms with Gasteiger partial charge in [-0.05, 0) is 70.3 Å². The van der Waals surface area contributed by atoms with E-state index in [2.05, 4.69) is 18.2 Å². The van der Waals surface area contributed by atoms with E-state index in [0.717, 1.165) is 19.3 Å². The Kier molecular flexibility index (Phi) is 12.2. The number of aliphatic hydroxyl groups is 2. The Labute approximate surface area is 198 Å². The van der Waals surface area contributed by atoms with E-state index in [0.29, 0.717) is 45.0 Å². The Morgan fingerprint density at radius 1 is 1.15 bits per heavy atom. The van der Waals surface area contributed by atoms with Crippen LogP contribution >= 0.6 is 0 Å². The third kappa shape index (κ3) is 10.1. The first-order valence-electron chi connectivity index (χ1n) is 12.2. The smallest absolute Gasteiger partial charge is 0.306 e. The van der Waals surface area contributed by atoms with Crippen molar-refractivity contribution in [2.24, 2.45) is 11.8 Å². The van der Waals surface area contributed by atoms with Gasteiger partial charge >= 0.3 is 5.97 Å². The van der Waals surface area contributed by atoms with Crippen molar-refractivity contribution in [1.82, 2.24) is 0 Å². The third-order valence-electron chi connectivity index (χ3n) is 6.36. The van der Waals surface area contributed by atoms with Crippen molar-refractivity contribution >= 4 is 12.4 Å². The molecule has 1 fully saturated rings. The van der Waals surface area contributed by atoms with E-state index >= 15 is 0 Å². The number of allylic oxidation sites excluding steroid dienone is 2. The maximum atomic E-state index is 11.6. The van der Waals surface area contributed by atoms with E-state index in [1.165, 1.54) is 5.56 Å². The van der Waals surface area contributed by atoms with Gasteiger partial charge in [-0.3, -0.25) is 9.59 Å². The van der Waals surface area contributed by atoms with Crippen molar-refractivity contribution in [2.75, 3.05) is 0 Å². The van der Waals surface area contributed by atoms with Gasteiger partial charge in [0.05, 0.1) is 18.3 Å². The van der Waals surface area contributed by atoms with Crippen LogP contribution in [0, 0.1) is 11.8 Å². The van der Waals surface area contributed by atoms with Crippen LogP contribution in [-0.4, -0.2) is 47.1 Å². The highest BCUT2D eigenvalue weighted by atomic mass is 16.5. The van der Waals surface area contributed by atoms with Gasteiger partial charge in [-0.1, -0.05) is 42.5 Å². The molecule has 0 aliphatic heterocycles. The molecule has 1 aromatic rings. The van der Waals surface area contributed by atoms with Crippen molar-refractivity contribution in [2.45, 2.75) is 96.1 Å². The summed E-state index contributed by atoms with van der Waals surface area (Å²) < 4.78 is 10.4. The second-order valence-corrected chi connectivity index (χ2v) is 9.29. The highest BCUT2D eigenvalue weighted by molar-refractivity contribution is 5.69. The number of ether oxygens (including phenoxy) is 2. The van der Waals surface area contributed by atoms with Gasteiger partial charge in [0.25, 0.3) is 6.47 Å². The Morgan fingerprint density at radius 2 is 1.91 bits per heavy atom. The quantitative estimate of drug-likeness (QED) is 0.175. The topological polar surface area (TPSA) is 93.1 Å². The summed E-state index contributed by atoms with van der Waals surface area (Å²) in [5, 5.41) is 21.1. The van der Waals surface area contributed by atoms with Crippen LogP contribution in [0.15, 0.2) is 42.5 Å². The van der Waals surface area contributed by atoms with Crippen LogP contribution in [0.1, 0.15) is 70.8 Å². The van der Waals surface area contributed by atoms with Gasteiger partial charge in [0, 0.05) is 18.8 Å². The molecule has 0 aromatic heterocycles. The minimum absolute atomic E-state index is 0.0213. The number of benzene rings is 1. The lowest BCUT2D eigenvalue weighted by molar-refractivity contribution is -0.147. The van der Waals surface area contributed by atoms with E-state index < -0.39 is 12.2 Å². The molecule has 0 bridgehead atoms. The molecule has 1 aliphatic rings. The van der Waals surface area contributed by atoms with E-state index in [9.17, 15) is 19.8 Å². The first kappa shape index (κ1) is 27.1. The zero-order valence-corrected chi connectivity index (χ0v) is 20.0. The molecule has 6 nitrogen and oxygen atoms in total. The Bertz CT molecular complexity index is 717. The molecule has 2 rings (SSSR count). The number of aliphatic hydroxyl groups excluding tert-OH is 2. The predicted octanol–water partition coefficient (Wildman–Crippen LogP) is 4.37. The summed E-state index contributed by atoms with van der Waals surface area (Å²) in [6, 6.07) is 10.1. The van der Waals surface area contributed by atoms with Crippen molar-refractivity contribution in [3.63, 3.8) is 0 Å². The van der Waals surface area contributed by atoms with Gasteiger partial charge in [0.15, 0.2) is 0 Å². The minimum atomic E-state index is -0.541. The summed E-state index contributed by atoms with van der Waals surface area (Å²) in [5.74, 6) is -0.177. The number of carbonyl (C=O) groups excluding carboxylic acids is 2. The number of hydrogen-bond acceptors (Lipinski definition) is 6. The highest BCUT2D eigenvalue weighted by Gasteiger charge is 2.42.